The number of hydrogen-bond donors (Lipinski definition) is 1. The first-order valence-corrected chi connectivity index (χ1v) is 8.40. The van der Waals surface area contributed by atoms with Gasteiger partial charge in [0.1, 0.15) is 11.5 Å². The number of carbonyl (C=O) groups is 1. The highest BCUT2D eigenvalue weighted by Crippen LogP contribution is 2.26. The second kappa shape index (κ2) is 7.79. The fourth-order valence-corrected chi connectivity index (χ4v) is 2.68. The van der Waals surface area contributed by atoms with Crippen LogP contribution in [0.2, 0.25) is 0 Å². The minimum Gasteiger partial charge on any atom is -0.457 e. The van der Waals surface area contributed by atoms with Crippen molar-refractivity contribution in [3.8, 4) is 11.3 Å². The van der Waals surface area contributed by atoms with E-state index in [0.29, 0.717) is 22.8 Å². The summed E-state index contributed by atoms with van der Waals surface area (Å²) in [6.07, 6.45) is 2.89. The van der Waals surface area contributed by atoms with Gasteiger partial charge in [0.25, 0.3) is 5.69 Å². The average molecular weight is 413 g/mol. The molecular formula is C19H13BrN2O4. The third kappa shape index (κ3) is 4.46. The molecule has 0 atom stereocenters. The van der Waals surface area contributed by atoms with E-state index in [1.807, 2.05) is 12.1 Å². The van der Waals surface area contributed by atoms with Crippen LogP contribution < -0.4 is 5.32 Å². The smallest absolute Gasteiger partial charge is 0.270 e. The molecule has 1 amide bonds. The number of amides is 1. The van der Waals surface area contributed by atoms with Gasteiger partial charge in [-0.2, -0.15) is 0 Å². The Morgan fingerprint density at radius 1 is 1.12 bits per heavy atom. The summed E-state index contributed by atoms with van der Waals surface area (Å²) >= 11 is 3.34. The maximum Gasteiger partial charge on any atom is 0.270 e. The van der Waals surface area contributed by atoms with Crippen molar-refractivity contribution in [3.63, 3.8) is 0 Å². The van der Waals surface area contributed by atoms with Crippen molar-refractivity contribution >= 4 is 39.3 Å². The van der Waals surface area contributed by atoms with Gasteiger partial charge in [-0.3, -0.25) is 14.9 Å². The van der Waals surface area contributed by atoms with Gasteiger partial charge >= 0.3 is 0 Å². The van der Waals surface area contributed by atoms with Crippen molar-refractivity contribution in [1.82, 2.24) is 0 Å². The van der Waals surface area contributed by atoms with Crippen LogP contribution in [0.25, 0.3) is 17.4 Å². The van der Waals surface area contributed by atoms with Crippen LogP contribution >= 0.6 is 15.9 Å². The van der Waals surface area contributed by atoms with Crippen molar-refractivity contribution in [1.29, 1.82) is 0 Å². The van der Waals surface area contributed by atoms with E-state index >= 15 is 0 Å². The Morgan fingerprint density at radius 3 is 2.69 bits per heavy atom. The van der Waals surface area contributed by atoms with Crippen molar-refractivity contribution < 1.29 is 14.1 Å². The molecule has 1 aromatic heterocycles. The van der Waals surface area contributed by atoms with Crippen LogP contribution in [-0.2, 0) is 4.79 Å². The number of carbonyl (C=O) groups excluding carboxylic acids is 1. The summed E-state index contributed by atoms with van der Waals surface area (Å²) in [7, 11) is 0. The Kier molecular flexibility index (Phi) is 5.28. The Morgan fingerprint density at radius 2 is 1.92 bits per heavy atom. The number of rotatable bonds is 5. The number of nitrogens with one attached hydrogen (secondary N) is 1. The number of nitro benzene ring substituents is 1. The molecule has 3 rings (SSSR count). The normalized spacial score (nSPS) is 10.8. The van der Waals surface area contributed by atoms with Gasteiger partial charge in [-0.05, 0) is 36.4 Å². The van der Waals surface area contributed by atoms with E-state index in [4.69, 9.17) is 4.42 Å². The van der Waals surface area contributed by atoms with Crippen LogP contribution in [-0.4, -0.2) is 10.8 Å². The van der Waals surface area contributed by atoms with E-state index in [9.17, 15) is 14.9 Å². The molecule has 0 saturated heterocycles. The Bertz CT molecular complexity index is 994. The fraction of sp³-hybridized carbons (Fsp3) is 0. The van der Waals surface area contributed by atoms with Crippen LogP contribution in [0.1, 0.15) is 5.76 Å². The van der Waals surface area contributed by atoms with E-state index in [1.165, 1.54) is 24.3 Å². The summed E-state index contributed by atoms with van der Waals surface area (Å²) in [5.74, 6) is 0.660. The van der Waals surface area contributed by atoms with E-state index in [0.717, 1.165) is 4.47 Å². The van der Waals surface area contributed by atoms with Crippen molar-refractivity contribution in [3.05, 3.63) is 87.1 Å². The van der Waals surface area contributed by atoms with Gasteiger partial charge in [0.15, 0.2) is 0 Å². The molecule has 0 bridgehead atoms. The lowest BCUT2D eigenvalue weighted by atomic mass is 10.1. The zero-order chi connectivity index (χ0) is 18.5. The van der Waals surface area contributed by atoms with Gasteiger partial charge in [0.2, 0.25) is 5.91 Å². The highest BCUT2D eigenvalue weighted by molar-refractivity contribution is 9.10. The lowest BCUT2D eigenvalue weighted by Gasteiger charge is -2.01. The molecule has 0 fully saturated rings. The fourth-order valence-electron chi connectivity index (χ4n) is 2.28. The number of anilines is 1. The van der Waals surface area contributed by atoms with E-state index in [-0.39, 0.29) is 11.6 Å². The van der Waals surface area contributed by atoms with Crippen LogP contribution in [0, 0.1) is 10.1 Å². The van der Waals surface area contributed by atoms with E-state index in [1.54, 1.807) is 36.4 Å². The number of hydrogen-bond acceptors (Lipinski definition) is 4. The largest absolute Gasteiger partial charge is 0.457 e. The molecular weight excluding hydrogens is 400 g/mol. The van der Waals surface area contributed by atoms with Gasteiger partial charge in [0.05, 0.1) is 4.92 Å². The number of furan rings is 1. The number of non-ortho nitro benzene ring substituents is 1. The van der Waals surface area contributed by atoms with Gasteiger partial charge in [-0.15, -0.1) is 0 Å². The molecule has 130 valence electrons. The molecule has 0 saturated carbocycles. The van der Waals surface area contributed by atoms with Gasteiger partial charge < -0.3 is 9.73 Å². The Labute approximate surface area is 157 Å². The lowest BCUT2D eigenvalue weighted by Crippen LogP contribution is -2.07. The van der Waals surface area contributed by atoms with Crippen LogP contribution in [0.3, 0.4) is 0 Å². The summed E-state index contributed by atoms with van der Waals surface area (Å²) in [4.78, 5) is 22.4. The lowest BCUT2D eigenvalue weighted by molar-refractivity contribution is -0.384. The van der Waals surface area contributed by atoms with Gasteiger partial charge in [0, 0.05) is 33.9 Å². The summed E-state index contributed by atoms with van der Waals surface area (Å²) in [6.45, 7) is 0. The predicted octanol–water partition coefficient (Wildman–Crippen LogP) is 5.27. The third-order valence-corrected chi connectivity index (χ3v) is 3.95. The first-order valence-electron chi connectivity index (χ1n) is 7.60. The van der Waals surface area contributed by atoms with Crippen LogP contribution in [0.4, 0.5) is 11.4 Å². The number of nitro groups is 1. The van der Waals surface area contributed by atoms with Crippen LogP contribution in [0.15, 0.2) is 75.6 Å². The van der Waals surface area contributed by atoms with E-state index in [2.05, 4.69) is 21.2 Å². The SMILES string of the molecule is O=C(/C=C/c1ccc(-c2cccc([N+](=O)[O-])c2)o1)Nc1cccc(Br)c1. The summed E-state index contributed by atoms with van der Waals surface area (Å²) in [5, 5.41) is 13.6. The molecule has 1 N–H and O–H groups in total. The number of nitrogens with zero attached hydrogens (tertiary/aromatic N) is 1. The second-order valence-electron chi connectivity index (χ2n) is 5.34. The molecule has 26 heavy (non-hydrogen) atoms. The monoisotopic (exact) mass is 412 g/mol. The quantitative estimate of drug-likeness (QED) is 0.351. The highest BCUT2D eigenvalue weighted by Gasteiger charge is 2.09. The summed E-state index contributed by atoms with van der Waals surface area (Å²) in [6, 6.07) is 16.8. The predicted molar refractivity (Wildman–Crippen MR) is 103 cm³/mol. The van der Waals surface area contributed by atoms with Gasteiger partial charge in [-0.1, -0.05) is 34.1 Å². The molecule has 0 aliphatic carbocycles. The van der Waals surface area contributed by atoms with Crippen LogP contribution in [0.5, 0.6) is 0 Å². The summed E-state index contributed by atoms with van der Waals surface area (Å²) < 4.78 is 6.49. The Hall–Kier alpha value is -3.19. The standard InChI is InChI=1S/C19H13BrN2O4/c20-14-4-2-5-15(12-14)21-19(23)10-8-17-7-9-18(26-17)13-3-1-6-16(11-13)22(24)25/h1-12H,(H,21,23)/b10-8+. The molecule has 7 heteroatoms. The Balaban J connectivity index is 1.70. The molecule has 2 aromatic carbocycles. The molecule has 1 heterocycles. The van der Waals surface area contributed by atoms with Crippen molar-refractivity contribution in [2.45, 2.75) is 0 Å². The topological polar surface area (TPSA) is 85.4 Å². The maximum absolute atomic E-state index is 12.0. The highest BCUT2D eigenvalue weighted by atomic mass is 79.9. The summed E-state index contributed by atoms with van der Waals surface area (Å²) in [5.41, 5.74) is 1.26. The van der Waals surface area contributed by atoms with Crippen molar-refractivity contribution in [2.24, 2.45) is 0 Å². The van der Waals surface area contributed by atoms with Crippen molar-refractivity contribution in [2.75, 3.05) is 5.32 Å². The molecule has 6 nitrogen and oxygen atoms in total. The third-order valence-electron chi connectivity index (χ3n) is 3.46. The molecule has 3 aromatic rings. The second-order valence-corrected chi connectivity index (χ2v) is 6.26. The maximum atomic E-state index is 12.0. The average Bonchev–Trinajstić information content (AvgIpc) is 3.09. The van der Waals surface area contributed by atoms with Gasteiger partial charge in [-0.25, -0.2) is 0 Å². The van der Waals surface area contributed by atoms with E-state index < -0.39 is 4.92 Å². The molecule has 0 spiro atoms. The number of halogens is 1. The minimum atomic E-state index is -0.459. The first-order chi connectivity index (χ1) is 12.5. The molecule has 0 radical (unpaired) electrons. The number of benzene rings is 2. The zero-order valence-corrected chi connectivity index (χ0v) is 15.0. The first kappa shape index (κ1) is 17.6. The molecule has 0 aliphatic heterocycles. The molecule has 0 unspecified atom stereocenters. The minimum absolute atomic E-state index is 0.00982. The molecule has 0 aliphatic rings. The zero-order valence-electron chi connectivity index (χ0n) is 13.4.